The molecule has 0 aromatic carbocycles. The van der Waals surface area contributed by atoms with Crippen molar-refractivity contribution in [3.63, 3.8) is 0 Å². The summed E-state index contributed by atoms with van der Waals surface area (Å²) in [5, 5.41) is 10.8. The van der Waals surface area contributed by atoms with E-state index in [1.165, 1.54) is 13.8 Å². The molecule has 1 saturated carbocycles. The summed E-state index contributed by atoms with van der Waals surface area (Å²) >= 11 is 0. The van der Waals surface area contributed by atoms with Gasteiger partial charge in [0.05, 0.1) is 5.60 Å². The van der Waals surface area contributed by atoms with Gasteiger partial charge in [0.1, 0.15) is 12.7 Å². The highest BCUT2D eigenvalue weighted by molar-refractivity contribution is 5.66. The maximum Gasteiger partial charge on any atom is 0.302 e. The van der Waals surface area contributed by atoms with Crippen LogP contribution in [0.25, 0.3) is 0 Å². The van der Waals surface area contributed by atoms with Gasteiger partial charge in [-0.25, -0.2) is 0 Å². The first-order valence-corrected chi connectivity index (χ1v) is 8.11. The van der Waals surface area contributed by atoms with Gasteiger partial charge < -0.3 is 14.6 Å². The van der Waals surface area contributed by atoms with Crippen molar-refractivity contribution >= 4 is 11.9 Å². The molecule has 0 unspecified atom stereocenters. The highest BCUT2D eigenvalue weighted by Crippen LogP contribution is 2.46. The Hall–Kier alpha value is -1.84. The lowest BCUT2D eigenvalue weighted by atomic mass is 9.65. The molecule has 5 nitrogen and oxygen atoms in total. The average Bonchev–Trinajstić information content (AvgIpc) is 2.34. The van der Waals surface area contributed by atoms with E-state index in [1.54, 1.807) is 19.1 Å². The Labute approximate surface area is 144 Å². The molecule has 0 bridgehead atoms. The van der Waals surface area contributed by atoms with Crippen molar-refractivity contribution in [3.8, 4) is 0 Å². The van der Waals surface area contributed by atoms with Crippen molar-refractivity contribution in [2.45, 2.75) is 66.1 Å². The normalized spacial score (nSPS) is 26.4. The summed E-state index contributed by atoms with van der Waals surface area (Å²) in [6.45, 7) is 10.6. The summed E-state index contributed by atoms with van der Waals surface area (Å²) in [6.07, 6.45) is 4.23. The Morgan fingerprint density at radius 3 is 2.33 bits per heavy atom. The van der Waals surface area contributed by atoms with Crippen molar-refractivity contribution in [3.05, 3.63) is 29.0 Å². The summed E-state index contributed by atoms with van der Waals surface area (Å²) in [6, 6.07) is 0. The molecule has 0 radical (unpaired) electrons. The summed E-state index contributed by atoms with van der Waals surface area (Å²) in [7, 11) is 0. The van der Waals surface area contributed by atoms with Crippen LogP contribution in [0, 0.1) is 5.41 Å². The molecule has 0 aromatic rings. The zero-order valence-corrected chi connectivity index (χ0v) is 15.4. The first-order valence-electron chi connectivity index (χ1n) is 8.11. The van der Waals surface area contributed by atoms with Gasteiger partial charge in [0, 0.05) is 25.8 Å². The zero-order valence-electron chi connectivity index (χ0n) is 15.4. The largest absolute Gasteiger partial charge is 0.462 e. The highest BCUT2D eigenvalue weighted by Gasteiger charge is 2.46. The highest BCUT2D eigenvalue weighted by atomic mass is 16.5. The van der Waals surface area contributed by atoms with Crippen molar-refractivity contribution in [1.29, 1.82) is 0 Å². The van der Waals surface area contributed by atoms with Gasteiger partial charge in [-0.05, 0) is 43.4 Å². The number of hydrogen-bond donors (Lipinski definition) is 1. The van der Waals surface area contributed by atoms with Crippen LogP contribution in [0.15, 0.2) is 29.0 Å². The van der Waals surface area contributed by atoms with Gasteiger partial charge in [-0.3, -0.25) is 9.59 Å². The summed E-state index contributed by atoms with van der Waals surface area (Å²) in [5.41, 5.74) is 3.41. The molecule has 1 rings (SSSR count). The molecule has 0 amide bonds. The molecule has 24 heavy (non-hydrogen) atoms. The molecule has 1 N–H and O–H groups in total. The third-order valence-corrected chi connectivity index (χ3v) is 4.05. The lowest BCUT2D eigenvalue weighted by Gasteiger charge is -2.44. The van der Waals surface area contributed by atoms with Gasteiger partial charge >= 0.3 is 11.9 Å². The zero-order chi connectivity index (χ0) is 18.5. The predicted octanol–water partition coefficient (Wildman–Crippen LogP) is 3.08. The minimum absolute atomic E-state index is 0.211. The van der Waals surface area contributed by atoms with E-state index in [9.17, 15) is 14.7 Å². The third-order valence-electron chi connectivity index (χ3n) is 4.05. The Bertz CT molecular complexity index is 569. The molecule has 2 atom stereocenters. The number of aliphatic hydroxyl groups is 1. The molecule has 0 spiro atoms. The van der Waals surface area contributed by atoms with E-state index >= 15 is 0 Å². The number of rotatable bonds is 4. The smallest absolute Gasteiger partial charge is 0.302 e. The first-order chi connectivity index (χ1) is 10.9. The third kappa shape index (κ3) is 5.99. The van der Waals surface area contributed by atoms with Gasteiger partial charge in [0.25, 0.3) is 0 Å². The lowest BCUT2D eigenvalue weighted by molar-refractivity contribution is -0.152. The Morgan fingerprint density at radius 1 is 1.21 bits per heavy atom. The topological polar surface area (TPSA) is 72.8 Å². The minimum atomic E-state index is -1.10. The predicted molar refractivity (Wildman–Crippen MR) is 91.2 cm³/mol. The van der Waals surface area contributed by atoms with E-state index in [0.717, 1.165) is 11.1 Å². The fourth-order valence-corrected chi connectivity index (χ4v) is 3.22. The van der Waals surface area contributed by atoms with E-state index in [2.05, 4.69) is 5.73 Å². The second-order valence-corrected chi connectivity index (χ2v) is 7.21. The van der Waals surface area contributed by atoms with Gasteiger partial charge in [-0.15, -0.1) is 5.73 Å². The second kappa shape index (κ2) is 7.82. The molecule has 5 heteroatoms. The van der Waals surface area contributed by atoms with Crippen LogP contribution in [-0.4, -0.2) is 35.4 Å². The maximum atomic E-state index is 11.2. The van der Waals surface area contributed by atoms with E-state index < -0.39 is 5.60 Å². The van der Waals surface area contributed by atoms with Crippen molar-refractivity contribution in [2.75, 3.05) is 6.61 Å². The quantitative estimate of drug-likeness (QED) is 0.485. The fraction of sp³-hybridized carbons (Fsp3) is 0.632. The van der Waals surface area contributed by atoms with Crippen LogP contribution in [0.4, 0.5) is 0 Å². The molecule has 0 aromatic heterocycles. The molecule has 134 valence electrons. The van der Waals surface area contributed by atoms with Crippen LogP contribution in [0.5, 0.6) is 0 Å². The van der Waals surface area contributed by atoms with Gasteiger partial charge in [0.2, 0.25) is 0 Å². The molecular formula is C19H28O5. The Kier molecular flexibility index (Phi) is 6.58. The van der Waals surface area contributed by atoms with E-state index in [1.807, 2.05) is 20.8 Å². The second-order valence-electron chi connectivity index (χ2n) is 7.21. The van der Waals surface area contributed by atoms with E-state index in [0.29, 0.717) is 12.8 Å². The Morgan fingerprint density at radius 2 is 1.83 bits per heavy atom. The van der Waals surface area contributed by atoms with Gasteiger partial charge in [-0.1, -0.05) is 13.8 Å². The van der Waals surface area contributed by atoms with Crippen LogP contribution in [0.1, 0.15) is 54.4 Å². The van der Waals surface area contributed by atoms with E-state index in [4.69, 9.17) is 9.47 Å². The first kappa shape index (κ1) is 20.2. The van der Waals surface area contributed by atoms with Crippen LogP contribution in [-0.2, 0) is 19.1 Å². The number of hydrogen-bond acceptors (Lipinski definition) is 5. The van der Waals surface area contributed by atoms with Crippen LogP contribution in [0.2, 0.25) is 0 Å². The van der Waals surface area contributed by atoms with Crippen LogP contribution >= 0.6 is 0 Å². The number of ether oxygens (including phenoxy) is 2. The van der Waals surface area contributed by atoms with Crippen LogP contribution < -0.4 is 0 Å². The number of allylic oxidation sites excluding steroid dienone is 1. The molecule has 1 fully saturated rings. The van der Waals surface area contributed by atoms with Crippen molar-refractivity contribution < 1.29 is 24.2 Å². The Balaban J connectivity index is 3.02. The molecule has 0 heterocycles. The standard InChI is InChI=1S/C19H28O5/c1-13(9-10-23-14(2)20)7-8-17-18(4,5)11-16(24-15(3)21)12-19(17,6)22/h7,9,16,22H,10-12H2,1-6H3/b13-9-/t8?,16-,19+/m0/s1. The molecule has 1 aliphatic carbocycles. The van der Waals surface area contributed by atoms with Gasteiger partial charge in [0.15, 0.2) is 0 Å². The average molecular weight is 336 g/mol. The monoisotopic (exact) mass is 336 g/mol. The maximum absolute atomic E-state index is 11.2. The minimum Gasteiger partial charge on any atom is -0.462 e. The summed E-state index contributed by atoms with van der Waals surface area (Å²) < 4.78 is 10.2. The fourth-order valence-electron chi connectivity index (χ4n) is 3.22. The SMILES string of the molecule is CC(=O)OC/C=C(/C)C=C=C1C(C)(C)C[C@H](OC(C)=O)C[C@@]1(C)O. The molecule has 0 saturated heterocycles. The van der Waals surface area contributed by atoms with Crippen LogP contribution in [0.3, 0.4) is 0 Å². The summed E-state index contributed by atoms with van der Waals surface area (Å²) in [4.78, 5) is 22.0. The molecule has 1 aliphatic rings. The van der Waals surface area contributed by atoms with Crippen molar-refractivity contribution in [1.82, 2.24) is 0 Å². The number of carbonyl (C=O) groups excluding carboxylic acids is 2. The number of carbonyl (C=O) groups is 2. The molecular weight excluding hydrogens is 308 g/mol. The van der Waals surface area contributed by atoms with Gasteiger partial charge in [-0.2, -0.15) is 0 Å². The number of esters is 2. The lowest BCUT2D eigenvalue weighted by Crippen LogP contribution is -2.46. The van der Waals surface area contributed by atoms with E-state index in [-0.39, 0.29) is 30.1 Å². The van der Waals surface area contributed by atoms with Crippen molar-refractivity contribution in [2.24, 2.45) is 5.41 Å². The molecule has 0 aliphatic heterocycles. The summed E-state index contributed by atoms with van der Waals surface area (Å²) in [5.74, 6) is -0.659.